The maximum absolute atomic E-state index is 12.7. The van der Waals surface area contributed by atoms with Crippen molar-refractivity contribution in [3.8, 4) is 10.7 Å². The zero-order valence-electron chi connectivity index (χ0n) is 15.9. The van der Waals surface area contributed by atoms with Crippen LogP contribution in [0.3, 0.4) is 0 Å². The molecule has 3 heterocycles. The molecule has 1 saturated heterocycles. The van der Waals surface area contributed by atoms with Gasteiger partial charge in [0.05, 0.1) is 16.5 Å². The molecule has 1 atom stereocenters. The molecule has 0 amide bonds. The van der Waals surface area contributed by atoms with Gasteiger partial charge in [0.25, 0.3) is 0 Å². The lowest BCUT2D eigenvalue weighted by molar-refractivity contribution is -0.137. The largest absolute Gasteiger partial charge is 0.416 e. The van der Waals surface area contributed by atoms with Gasteiger partial charge in [0.15, 0.2) is 0 Å². The average molecular weight is 422 g/mol. The van der Waals surface area contributed by atoms with Crippen molar-refractivity contribution in [2.24, 2.45) is 0 Å². The van der Waals surface area contributed by atoms with Gasteiger partial charge in [-0.05, 0) is 36.1 Å². The number of hydrogen-bond acceptors (Lipinski definition) is 6. The van der Waals surface area contributed by atoms with E-state index < -0.39 is 11.7 Å². The zero-order valence-corrected chi connectivity index (χ0v) is 16.7. The third kappa shape index (κ3) is 4.68. The lowest BCUT2D eigenvalue weighted by atomic mass is 10.1. The van der Waals surface area contributed by atoms with Gasteiger partial charge in [0.1, 0.15) is 0 Å². The number of piperazine rings is 1. The van der Waals surface area contributed by atoms with Crippen LogP contribution >= 0.6 is 11.3 Å². The summed E-state index contributed by atoms with van der Waals surface area (Å²) in [5.74, 6) is 1.22. The molecule has 0 spiro atoms. The number of halogens is 3. The van der Waals surface area contributed by atoms with E-state index >= 15 is 0 Å². The number of nitrogens with zero attached hydrogens (tertiary/aromatic N) is 4. The minimum Gasteiger partial charge on any atom is -0.337 e. The van der Waals surface area contributed by atoms with E-state index in [0.29, 0.717) is 18.3 Å². The van der Waals surface area contributed by atoms with Crippen LogP contribution in [0.2, 0.25) is 0 Å². The number of alkyl halides is 3. The predicted octanol–water partition coefficient (Wildman–Crippen LogP) is 4.70. The molecule has 0 N–H and O–H groups in total. The minimum atomic E-state index is -4.29. The van der Waals surface area contributed by atoms with Crippen LogP contribution in [-0.4, -0.2) is 46.1 Å². The highest BCUT2D eigenvalue weighted by atomic mass is 32.1. The van der Waals surface area contributed by atoms with Crippen LogP contribution in [0.25, 0.3) is 10.7 Å². The summed E-state index contributed by atoms with van der Waals surface area (Å²) < 4.78 is 43.5. The monoisotopic (exact) mass is 422 g/mol. The van der Waals surface area contributed by atoms with Crippen LogP contribution in [0.15, 0.2) is 46.3 Å². The van der Waals surface area contributed by atoms with Gasteiger partial charge in [0.2, 0.25) is 11.7 Å². The number of rotatable bonds is 5. The average Bonchev–Trinajstić information content (AvgIpc) is 3.39. The van der Waals surface area contributed by atoms with E-state index in [1.165, 1.54) is 0 Å². The van der Waals surface area contributed by atoms with Crippen LogP contribution in [0, 0.1) is 0 Å². The van der Waals surface area contributed by atoms with E-state index in [2.05, 4.69) is 26.9 Å². The maximum atomic E-state index is 12.7. The molecule has 4 rings (SSSR count). The van der Waals surface area contributed by atoms with Crippen molar-refractivity contribution in [3.63, 3.8) is 0 Å². The van der Waals surface area contributed by atoms with E-state index in [1.54, 1.807) is 23.5 Å². The predicted molar refractivity (Wildman–Crippen MR) is 104 cm³/mol. The molecule has 1 aliphatic heterocycles. The second kappa shape index (κ2) is 8.25. The lowest BCUT2D eigenvalue weighted by Gasteiger charge is -2.36. The van der Waals surface area contributed by atoms with Crippen LogP contribution < -0.4 is 0 Å². The van der Waals surface area contributed by atoms with Crippen molar-refractivity contribution < 1.29 is 17.7 Å². The smallest absolute Gasteiger partial charge is 0.337 e. The molecule has 1 fully saturated rings. The van der Waals surface area contributed by atoms with Gasteiger partial charge in [-0.15, -0.1) is 11.3 Å². The van der Waals surface area contributed by atoms with E-state index in [9.17, 15) is 13.2 Å². The zero-order chi connectivity index (χ0) is 20.4. The Morgan fingerprint density at radius 1 is 1.10 bits per heavy atom. The Morgan fingerprint density at radius 3 is 2.45 bits per heavy atom. The SMILES string of the molecule is CC(c1nc(-c2cccs2)no1)N1CCN(Cc2ccc(C(F)(F)F)cc2)CC1. The first-order valence-corrected chi connectivity index (χ1v) is 10.3. The van der Waals surface area contributed by atoms with Gasteiger partial charge in [-0.25, -0.2) is 0 Å². The summed E-state index contributed by atoms with van der Waals surface area (Å²) in [4.78, 5) is 10.0. The van der Waals surface area contributed by atoms with Gasteiger partial charge in [-0.3, -0.25) is 9.80 Å². The van der Waals surface area contributed by atoms with Gasteiger partial charge >= 0.3 is 6.18 Å². The standard InChI is InChI=1S/C20H21F3N4OS/c1-14(19-24-18(25-28-19)17-3-2-12-29-17)27-10-8-26(9-11-27)13-15-4-6-16(7-5-15)20(21,22)23/h2-7,12,14H,8-11,13H2,1H3. The first-order chi connectivity index (χ1) is 13.9. The molecule has 5 nitrogen and oxygen atoms in total. The third-order valence-electron chi connectivity index (χ3n) is 5.18. The molecule has 9 heteroatoms. The van der Waals surface area contributed by atoms with Crippen molar-refractivity contribution in [1.29, 1.82) is 0 Å². The third-order valence-corrected chi connectivity index (χ3v) is 6.05. The molecular weight excluding hydrogens is 401 g/mol. The summed E-state index contributed by atoms with van der Waals surface area (Å²) in [5.41, 5.74) is 0.276. The number of thiophene rings is 1. The van der Waals surface area contributed by atoms with E-state index in [1.807, 2.05) is 17.5 Å². The fraction of sp³-hybridized carbons (Fsp3) is 0.400. The topological polar surface area (TPSA) is 45.4 Å². The summed E-state index contributed by atoms with van der Waals surface area (Å²) in [6, 6.07) is 9.34. The highest BCUT2D eigenvalue weighted by Gasteiger charge is 2.30. The molecule has 3 aromatic rings. The number of hydrogen-bond donors (Lipinski definition) is 0. The Morgan fingerprint density at radius 2 is 1.83 bits per heavy atom. The fourth-order valence-corrected chi connectivity index (χ4v) is 4.08. The summed E-state index contributed by atoms with van der Waals surface area (Å²) in [6.07, 6.45) is -4.29. The van der Waals surface area contributed by atoms with E-state index in [4.69, 9.17) is 4.52 Å². The van der Waals surface area contributed by atoms with Crippen molar-refractivity contribution in [3.05, 3.63) is 58.8 Å². The van der Waals surface area contributed by atoms with Gasteiger partial charge < -0.3 is 4.52 Å². The van der Waals surface area contributed by atoms with Crippen LogP contribution in [0.5, 0.6) is 0 Å². The second-order valence-corrected chi connectivity index (χ2v) is 8.06. The second-order valence-electron chi connectivity index (χ2n) is 7.12. The van der Waals surface area contributed by atoms with Crippen LogP contribution in [0.4, 0.5) is 13.2 Å². The molecule has 1 aliphatic rings. The molecule has 0 radical (unpaired) electrons. The molecular formula is C20H21F3N4OS. The Kier molecular flexibility index (Phi) is 5.71. The Bertz CT molecular complexity index is 916. The molecule has 154 valence electrons. The highest BCUT2D eigenvalue weighted by molar-refractivity contribution is 7.13. The summed E-state index contributed by atoms with van der Waals surface area (Å²) in [7, 11) is 0. The molecule has 2 aromatic heterocycles. The molecule has 0 aliphatic carbocycles. The van der Waals surface area contributed by atoms with Crippen LogP contribution in [0.1, 0.15) is 30.0 Å². The normalized spacial score (nSPS) is 17.5. The van der Waals surface area contributed by atoms with Crippen molar-refractivity contribution in [1.82, 2.24) is 19.9 Å². The quantitative estimate of drug-likeness (QED) is 0.597. The van der Waals surface area contributed by atoms with Crippen molar-refractivity contribution >= 4 is 11.3 Å². The van der Waals surface area contributed by atoms with Crippen molar-refractivity contribution in [2.75, 3.05) is 26.2 Å². The Labute approximate surface area is 170 Å². The Hall–Kier alpha value is -2.23. The number of aromatic nitrogens is 2. The van der Waals surface area contributed by atoms with Crippen molar-refractivity contribution in [2.45, 2.75) is 25.7 Å². The minimum absolute atomic E-state index is 0.0180. The maximum Gasteiger partial charge on any atom is 0.416 e. The summed E-state index contributed by atoms with van der Waals surface area (Å²) in [6.45, 7) is 6.02. The molecule has 1 aromatic carbocycles. The van der Waals surface area contributed by atoms with E-state index in [0.717, 1.165) is 48.8 Å². The van der Waals surface area contributed by atoms with Gasteiger partial charge in [-0.1, -0.05) is 23.4 Å². The lowest BCUT2D eigenvalue weighted by Crippen LogP contribution is -2.46. The van der Waals surface area contributed by atoms with Crippen LogP contribution in [-0.2, 0) is 12.7 Å². The highest BCUT2D eigenvalue weighted by Crippen LogP contribution is 2.29. The molecule has 1 unspecified atom stereocenters. The number of benzene rings is 1. The summed E-state index contributed by atoms with van der Waals surface area (Å²) >= 11 is 1.57. The first-order valence-electron chi connectivity index (χ1n) is 9.40. The molecule has 29 heavy (non-hydrogen) atoms. The van der Waals surface area contributed by atoms with E-state index in [-0.39, 0.29) is 6.04 Å². The van der Waals surface area contributed by atoms with Gasteiger partial charge in [-0.2, -0.15) is 18.2 Å². The first kappa shape index (κ1) is 20.1. The summed E-state index contributed by atoms with van der Waals surface area (Å²) in [5, 5.41) is 6.05. The molecule has 0 bridgehead atoms. The fourth-order valence-electron chi connectivity index (χ4n) is 3.43. The van der Waals surface area contributed by atoms with Gasteiger partial charge in [0, 0.05) is 32.7 Å². The molecule has 0 saturated carbocycles. The Balaban J connectivity index is 1.31.